The second-order valence-corrected chi connectivity index (χ2v) is 5.56. The van der Waals surface area contributed by atoms with E-state index in [0.717, 1.165) is 18.5 Å². The molecule has 0 saturated heterocycles. The minimum absolute atomic E-state index is 0.121. The molecule has 2 heterocycles. The van der Waals surface area contributed by atoms with Crippen molar-refractivity contribution < 1.29 is 4.39 Å². The lowest BCUT2D eigenvalue weighted by atomic mass is 9.89. The predicted molar refractivity (Wildman–Crippen MR) is 67.5 cm³/mol. The second kappa shape index (κ2) is 3.33. The van der Waals surface area contributed by atoms with Gasteiger partial charge in [-0.25, -0.2) is 4.39 Å². The normalized spacial score (nSPS) is 18.4. The molecule has 1 aromatic carbocycles. The molecule has 1 aromatic heterocycles. The van der Waals surface area contributed by atoms with Crippen LogP contribution in [0.1, 0.15) is 25.1 Å². The van der Waals surface area contributed by atoms with Crippen molar-refractivity contribution in [2.75, 3.05) is 0 Å². The van der Waals surface area contributed by atoms with E-state index in [1.54, 1.807) is 12.1 Å². The largest absolute Gasteiger partial charge is 0.346 e. The average molecular weight is 232 g/mol. The number of nitrogens with zero attached hydrogens (tertiary/aromatic N) is 1. The van der Waals surface area contributed by atoms with Crippen LogP contribution in [-0.2, 0) is 20.0 Å². The maximum atomic E-state index is 13.3. The zero-order valence-electron chi connectivity index (χ0n) is 10.5. The SMILES string of the molecule is Cn1c2c(c3ccc(F)cc31)CC(C)(C)NC2. The van der Waals surface area contributed by atoms with Crippen LogP contribution in [0.2, 0.25) is 0 Å². The lowest BCUT2D eigenvalue weighted by Crippen LogP contribution is -2.44. The molecule has 0 amide bonds. The smallest absolute Gasteiger partial charge is 0.125 e. The Bertz CT molecular complexity index is 596. The fourth-order valence-electron chi connectivity index (χ4n) is 2.79. The number of hydrogen-bond acceptors (Lipinski definition) is 1. The molecule has 2 nitrogen and oxygen atoms in total. The van der Waals surface area contributed by atoms with Crippen LogP contribution >= 0.6 is 0 Å². The molecule has 0 atom stereocenters. The molecule has 0 fully saturated rings. The standard InChI is InChI=1S/C14H17FN2/c1-14(2)7-11-10-5-4-9(15)6-12(10)17(3)13(11)8-16-14/h4-6,16H,7-8H2,1-3H3. The maximum absolute atomic E-state index is 13.3. The van der Waals surface area contributed by atoms with Crippen LogP contribution in [0.25, 0.3) is 10.9 Å². The zero-order chi connectivity index (χ0) is 12.2. The van der Waals surface area contributed by atoms with E-state index in [4.69, 9.17) is 0 Å². The van der Waals surface area contributed by atoms with E-state index >= 15 is 0 Å². The number of hydrogen-bond donors (Lipinski definition) is 1. The van der Waals surface area contributed by atoms with Gasteiger partial charge in [-0.3, -0.25) is 0 Å². The quantitative estimate of drug-likeness (QED) is 0.739. The van der Waals surface area contributed by atoms with Crippen molar-refractivity contribution in [2.24, 2.45) is 7.05 Å². The van der Waals surface area contributed by atoms with E-state index in [-0.39, 0.29) is 11.4 Å². The van der Waals surface area contributed by atoms with Crippen molar-refractivity contribution in [3.05, 3.63) is 35.3 Å². The summed E-state index contributed by atoms with van der Waals surface area (Å²) in [5.41, 5.74) is 3.76. The van der Waals surface area contributed by atoms with Gasteiger partial charge in [0, 0.05) is 30.2 Å². The summed E-state index contributed by atoms with van der Waals surface area (Å²) in [6.45, 7) is 5.27. The predicted octanol–water partition coefficient (Wildman–Crippen LogP) is 2.74. The zero-order valence-corrected chi connectivity index (χ0v) is 10.5. The third-order valence-electron chi connectivity index (χ3n) is 3.75. The molecular formula is C14H17FN2. The van der Waals surface area contributed by atoms with Crippen LogP contribution in [0, 0.1) is 5.82 Å². The van der Waals surface area contributed by atoms with Crippen LogP contribution in [0.5, 0.6) is 0 Å². The van der Waals surface area contributed by atoms with Crippen molar-refractivity contribution >= 4 is 10.9 Å². The highest BCUT2D eigenvalue weighted by molar-refractivity contribution is 5.86. The van der Waals surface area contributed by atoms with Crippen LogP contribution < -0.4 is 5.32 Å². The summed E-state index contributed by atoms with van der Waals surface area (Å²) in [6, 6.07) is 5.09. The first-order valence-electron chi connectivity index (χ1n) is 5.99. The second-order valence-electron chi connectivity index (χ2n) is 5.56. The molecule has 2 aromatic rings. The first kappa shape index (κ1) is 10.8. The molecule has 1 aliphatic rings. The lowest BCUT2D eigenvalue weighted by Gasteiger charge is -2.31. The third kappa shape index (κ3) is 1.57. The summed E-state index contributed by atoms with van der Waals surface area (Å²) < 4.78 is 15.4. The topological polar surface area (TPSA) is 17.0 Å². The van der Waals surface area contributed by atoms with Gasteiger partial charge in [0.2, 0.25) is 0 Å². The number of halogens is 1. The summed E-state index contributed by atoms with van der Waals surface area (Å²) in [4.78, 5) is 0. The molecule has 3 heteroatoms. The minimum Gasteiger partial charge on any atom is -0.346 e. The number of benzene rings is 1. The van der Waals surface area contributed by atoms with E-state index in [9.17, 15) is 4.39 Å². The Kier molecular flexibility index (Phi) is 2.11. The number of fused-ring (bicyclic) bond motifs is 3. The van der Waals surface area contributed by atoms with E-state index in [1.807, 2.05) is 13.1 Å². The first-order valence-corrected chi connectivity index (χ1v) is 5.99. The van der Waals surface area contributed by atoms with Crippen molar-refractivity contribution in [3.63, 3.8) is 0 Å². The maximum Gasteiger partial charge on any atom is 0.125 e. The molecule has 0 aliphatic carbocycles. The van der Waals surface area contributed by atoms with Gasteiger partial charge in [-0.2, -0.15) is 0 Å². The van der Waals surface area contributed by atoms with Gasteiger partial charge in [-0.15, -0.1) is 0 Å². The van der Waals surface area contributed by atoms with Gasteiger partial charge >= 0.3 is 0 Å². The highest BCUT2D eigenvalue weighted by Gasteiger charge is 2.28. The lowest BCUT2D eigenvalue weighted by molar-refractivity contribution is 0.357. The van der Waals surface area contributed by atoms with Gasteiger partial charge in [0.15, 0.2) is 0 Å². The molecule has 17 heavy (non-hydrogen) atoms. The van der Waals surface area contributed by atoms with Crippen LogP contribution in [0.3, 0.4) is 0 Å². The molecule has 90 valence electrons. The average Bonchev–Trinajstić information content (AvgIpc) is 2.51. The molecule has 3 rings (SSSR count). The van der Waals surface area contributed by atoms with Gasteiger partial charge < -0.3 is 9.88 Å². The highest BCUT2D eigenvalue weighted by atomic mass is 19.1. The fraction of sp³-hybridized carbons (Fsp3) is 0.429. The van der Waals surface area contributed by atoms with E-state index in [1.165, 1.54) is 16.6 Å². The molecule has 0 saturated carbocycles. The Labute approximate surface area is 100 Å². The molecule has 1 N–H and O–H groups in total. The van der Waals surface area contributed by atoms with Crippen molar-refractivity contribution in [1.29, 1.82) is 0 Å². The Morgan fingerprint density at radius 3 is 2.88 bits per heavy atom. The van der Waals surface area contributed by atoms with Crippen molar-refractivity contribution in [2.45, 2.75) is 32.4 Å². The fourth-order valence-corrected chi connectivity index (χ4v) is 2.79. The van der Waals surface area contributed by atoms with Gasteiger partial charge in [0.05, 0.1) is 5.52 Å². The number of rotatable bonds is 0. The Balaban J connectivity index is 2.29. The van der Waals surface area contributed by atoms with E-state index < -0.39 is 0 Å². The van der Waals surface area contributed by atoms with Gasteiger partial charge in [0.25, 0.3) is 0 Å². The summed E-state index contributed by atoms with van der Waals surface area (Å²) in [7, 11) is 2.01. The number of nitrogens with one attached hydrogen (secondary N) is 1. The molecule has 0 spiro atoms. The van der Waals surface area contributed by atoms with E-state index in [0.29, 0.717) is 0 Å². The highest BCUT2D eigenvalue weighted by Crippen LogP contribution is 2.32. The van der Waals surface area contributed by atoms with Crippen LogP contribution in [0.4, 0.5) is 4.39 Å². The molecule has 0 unspecified atom stereocenters. The minimum atomic E-state index is -0.164. The van der Waals surface area contributed by atoms with E-state index in [2.05, 4.69) is 23.7 Å². The molecule has 1 aliphatic heterocycles. The molecule has 0 radical (unpaired) electrons. The van der Waals surface area contributed by atoms with Gasteiger partial charge in [0.1, 0.15) is 5.82 Å². The van der Waals surface area contributed by atoms with Gasteiger partial charge in [-0.1, -0.05) is 0 Å². The summed E-state index contributed by atoms with van der Waals surface area (Å²) in [5, 5.41) is 4.71. The molecular weight excluding hydrogens is 215 g/mol. The molecule has 0 bridgehead atoms. The number of aryl methyl sites for hydroxylation is 1. The third-order valence-corrected chi connectivity index (χ3v) is 3.75. The summed E-state index contributed by atoms with van der Waals surface area (Å²) >= 11 is 0. The first-order chi connectivity index (χ1) is 7.98. The van der Waals surface area contributed by atoms with Crippen LogP contribution in [-0.4, -0.2) is 10.1 Å². The van der Waals surface area contributed by atoms with Crippen molar-refractivity contribution in [3.8, 4) is 0 Å². The Hall–Kier alpha value is -1.35. The Morgan fingerprint density at radius 2 is 2.12 bits per heavy atom. The summed E-state index contributed by atoms with van der Waals surface area (Å²) in [6.07, 6.45) is 0.991. The number of aromatic nitrogens is 1. The Morgan fingerprint density at radius 1 is 1.35 bits per heavy atom. The van der Waals surface area contributed by atoms with Gasteiger partial charge in [-0.05, 0) is 44.0 Å². The monoisotopic (exact) mass is 232 g/mol. The van der Waals surface area contributed by atoms with Crippen LogP contribution in [0.15, 0.2) is 18.2 Å². The summed E-state index contributed by atoms with van der Waals surface area (Å²) in [5.74, 6) is -0.164. The van der Waals surface area contributed by atoms with Crippen molar-refractivity contribution in [1.82, 2.24) is 9.88 Å².